The minimum absolute atomic E-state index is 0.105. The van der Waals surface area contributed by atoms with Gasteiger partial charge >= 0.3 is 6.18 Å². The van der Waals surface area contributed by atoms with Crippen LogP contribution in [-0.4, -0.2) is 47.5 Å². The van der Waals surface area contributed by atoms with Crippen LogP contribution in [0.1, 0.15) is 53.7 Å². The molecule has 0 atom stereocenters. The lowest BCUT2D eigenvalue weighted by atomic mass is 10.1. The zero-order chi connectivity index (χ0) is 24.1. The summed E-state index contributed by atoms with van der Waals surface area (Å²) >= 11 is 0. The minimum Gasteiger partial charge on any atom is -0.468 e. The fourth-order valence-corrected chi connectivity index (χ4v) is 3.94. The van der Waals surface area contributed by atoms with E-state index < -0.39 is 12.8 Å². The van der Waals surface area contributed by atoms with E-state index in [2.05, 4.69) is 15.3 Å². The number of carbonyl (C=O) groups is 2. The molecule has 10 heteroatoms. The molecule has 4 rings (SSSR count). The monoisotopic (exact) mass is 476 g/mol. The van der Waals surface area contributed by atoms with Crippen molar-refractivity contribution >= 4 is 17.5 Å². The summed E-state index contributed by atoms with van der Waals surface area (Å²) < 4.78 is 42.5. The fourth-order valence-electron chi connectivity index (χ4n) is 3.94. The van der Waals surface area contributed by atoms with Gasteiger partial charge < -0.3 is 15.0 Å². The Labute approximate surface area is 195 Å². The molecule has 1 saturated heterocycles. The van der Waals surface area contributed by atoms with Gasteiger partial charge in [-0.05, 0) is 50.3 Å². The van der Waals surface area contributed by atoms with Gasteiger partial charge in [-0.15, -0.1) is 0 Å². The number of alkyl halides is 3. The molecule has 0 radical (unpaired) electrons. The highest BCUT2D eigenvalue weighted by molar-refractivity contribution is 5.94. The first kappa shape index (κ1) is 24.0. The van der Waals surface area contributed by atoms with Gasteiger partial charge in [0.1, 0.15) is 11.6 Å². The molecule has 1 aliphatic heterocycles. The van der Waals surface area contributed by atoms with Gasteiger partial charge in [0.05, 0.1) is 0 Å². The van der Waals surface area contributed by atoms with Crippen molar-refractivity contribution < 1.29 is 27.5 Å². The zero-order valence-electron chi connectivity index (χ0n) is 18.7. The number of pyridine rings is 2. The Morgan fingerprint density at radius 1 is 1.12 bits per heavy atom. The summed E-state index contributed by atoms with van der Waals surface area (Å²) in [6.07, 6.45) is 2.12. The second kappa shape index (κ2) is 10.4. The molecule has 1 aliphatic carbocycles. The van der Waals surface area contributed by atoms with Gasteiger partial charge in [-0.25, -0.2) is 0 Å². The predicted octanol–water partition coefficient (Wildman–Crippen LogP) is 3.86. The summed E-state index contributed by atoms with van der Waals surface area (Å²) in [5, 5.41) is 2.85. The van der Waals surface area contributed by atoms with Gasteiger partial charge in [0.15, 0.2) is 6.61 Å². The molecule has 3 heterocycles. The van der Waals surface area contributed by atoms with Crippen molar-refractivity contribution in [3.63, 3.8) is 0 Å². The molecule has 2 aromatic rings. The molecule has 1 N–H and O–H groups in total. The molecule has 2 aliphatic rings. The van der Waals surface area contributed by atoms with E-state index in [9.17, 15) is 22.8 Å². The van der Waals surface area contributed by atoms with E-state index in [0.29, 0.717) is 22.6 Å². The lowest BCUT2D eigenvalue weighted by Gasteiger charge is -2.29. The summed E-state index contributed by atoms with van der Waals surface area (Å²) in [5.74, 6) is 0.361. The number of nitrogens with zero attached hydrogens (tertiary/aromatic N) is 3. The molecule has 1 amide bonds. The Kier molecular flexibility index (Phi) is 7.33. The van der Waals surface area contributed by atoms with Crippen LogP contribution in [0.5, 0.6) is 5.88 Å². The number of nitrogens with one attached hydrogen (secondary N) is 1. The van der Waals surface area contributed by atoms with E-state index in [1.165, 1.54) is 12.3 Å². The van der Waals surface area contributed by atoms with Gasteiger partial charge in [-0.2, -0.15) is 18.2 Å². The number of hydrogen-bond donors (Lipinski definition) is 1. The summed E-state index contributed by atoms with van der Waals surface area (Å²) in [6, 6.07) is 6.22. The van der Waals surface area contributed by atoms with Gasteiger partial charge in [-0.1, -0.05) is 0 Å². The highest BCUT2D eigenvalue weighted by Crippen LogP contribution is 2.31. The predicted molar refractivity (Wildman–Crippen MR) is 119 cm³/mol. The second-order valence-corrected chi connectivity index (χ2v) is 8.72. The molecule has 34 heavy (non-hydrogen) atoms. The molecule has 0 aromatic carbocycles. The third-order valence-electron chi connectivity index (χ3n) is 5.88. The van der Waals surface area contributed by atoms with Crippen LogP contribution in [-0.2, 0) is 17.8 Å². The number of ether oxygens (including phenoxy) is 1. The third kappa shape index (κ3) is 6.68. The minimum atomic E-state index is -4.45. The molecule has 0 bridgehead atoms. The SMILES string of the molecule is O=C(NCc1ccc(OCC(F)(F)F)nc1N1CCCCC1)c1ccnc(CC(=O)C2CC2)c1. The highest BCUT2D eigenvalue weighted by atomic mass is 19.4. The van der Waals surface area contributed by atoms with Gasteiger partial charge in [0, 0.05) is 61.1 Å². The number of carbonyl (C=O) groups excluding carboxylic acids is 2. The average molecular weight is 476 g/mol. The molecule has 0 spiro atoms. The molecular formula is C24H27F3N4O3. The summed E-state index contributed by atoms with van der Waals surface area (Å²) in [5.41, 5.74) is 1.64. The first-order valence-electron chi connectivity index (χ1n) is 11.5. The molecule has 2 aromatic heterocycles. The van der Waals surface area contributed by atoms with Crippen LogP contribution >= 0.6 is 0 Å². The molecule has 2 fully saturated rings. The maximum atomic E-state index is 12.8. The Balaban J connectivity index is 1.44. The smallest absolute Gasteiger partial charge is 0.422 e. The van der Waals surface area contributed by atoms with Crippen LogP contribution in [0.15, 0.2) is 30.5 Å². The first-order chi connectivity index (χ1) is 16.3. The van der Waals surface area contributed by atoms with Crippen LogP contribution in [0.4, 0.5) is 19.0 Å². The van der Waals surface area contributed by atoms with Crippen LogP contribution in [0, 0.1) is 5.92 Å². The maximum Gasteiger partial charge on any atom is 0.422 e. The van der Waals surface area contributed by atoms with Crippen molar-refractivity contribution in [1.82, 2.24) is 15.3 Å². The Morgan fingerprint density at radius 2 is 1.88 bits per heavy atom. The zero-order valence-corrected chi connectivity index (χ0v) is 18.7. The van der Waals surface area contributed by atoms with Crippen LogP contribution in [0.25, 0.3) is 0 Å². The number of piperidine rings is 1. The number of halogens is 3. The van der Waals surface area contributed by atoms with Gasteiger partial charge in [0.2, 0.25) is 5.88 Å². The molecule has 7 nitrogen and oxygen atoms in total. The lowest BCUT2D eigenvalue weighted by Crippen LogP contribution is -2.32. The summed E-state index contributed by atoms with van der Waals surface area (Å²) in [4.78, 5) is 35.4. The summed E-state index contributed by atoms with van der Waals surface area (Å²) in [6.45, 7) is 0.206. The molecule has 1 saturated carbocycles. The largest absolute Gasteiger partial charge is 0.468 e. The Morgan fingerprint density at radius 3 is 2.59 bits per heavy atom. The van der Waals surface area contributed by atoms with E-state index in [1.807, 2.05) is 4.90 Å². The van der Waals surface area contributed by atoms with E-state index in [0.717, 1.165) is 45.2 Å². The van der Waals surface area contributed by atoms with E-state index in [-0.39, 0.29) is 36.5 Å². The van der Waals surface area contributed by atoms with E-state index >= 15 is 0 Å². The number of ketones is 1. The molecule has 182 valence electrons. The number of anilines is 1. The van der Waals surface area contributed by atoms with Crippen molar-refractivity contribution in [3.8, 4) is 5.88 Å². The number of hydrogen-bond acceptors (Lipinski definition) is 6. The Bertz CT molecular complexity index is 1030. The number of aromatic nitrogens is 2. The molecule has 0 unspecified atom stereocenters. The average Bonchev–Trinajstić information content (AvgIpc) is 3.67. The number of rotatable bonds is 9. The van der Waals surface area contributed by atoms with E-state index in [1.54, 1.807) is 18.2 Å². The lowest BCUT2D eigenvalue weighted by molar-refractivity contribution is -0.154. The van der Waals surface area contributed by atoms with Crippen molar-refractivity contribution in [2.75, 3.05) is 24.6 Å². The van der Waals surface area contributed by atoms with E-state index in [4.69, 9.17) is 4.74 Å². The number of Topliss-reactive ketones (excluding diaryl/α,β-unsaturated/α-hetero) is 1. The quantitative estimate of drug-likeness (QED) is 0.592. The third-order valence-corrected chi connectivity index (χ3v) is 5.88. The summed E-state index contributed by atoms with van der Waals surface area (Å²) in [7, 11) is 0. The maximum absolute atomic E-state index is 12.8. The molecular weight excluding hydrogens is 449 g/mol. The number of amides is 1. The van der Waals surface area contributed by atoms with Gasteiger partial charge in [-0.3, -0.25) is 14.6 Å². The van der Waals surface area contributed by atoms with Crippen molar-refractivity contribution in [2.45, 2.75) is 51.2 Å². The second-order valence-electron chi connectivity index (χ2n) is 8.72. The fraction of sp³-hybridized carbons (Fsp3) is 0.500. The van der Waals surface area contributed by atoms with Crippen LogP contribution in [0.3, 0.4) is 0 Å². The highest BCUT2D eigenvalue weighted by Gasteiger charge is 2.30. The van der Waals surface area contributed by atoms with Crippen molar-refractivity contribution in [1.29, 1.82) is 0 Å². The normalized spacial score (nSPS) is 16.3. The van der Waals surface area contributed by atoms with Crippen LogP contribution in [0.2, 0.25) is 0 Å². The van der Waals surface area contributed by atoms with Crippen molar-refractivity contribution in [2.24, 2.45) is 5.92 Å². The first-order valence-corrected chi connectivity index (χ1v) is 11.5. The standard InChI is InChI=1S/C24H27F3N4O3/c25-24(26,27)15-34-21-7-6-18(22(30-21)31-10-2-1-3-11-31)14-29-23(33)17-8-9-28-19(12-17)13-20(32)16-4-5-16/h6-9,12,16H,1-5,10-11,13-15H2,(H,29,33). The van der Waals surface area contributed by atoms with Crippen LogP contribution < -0.4 is 15.0 Å². The van der Waals surface area contributed by atoms with Gasteiger partial charge in [0.25, 0.3) is 5.91 Å². The topological polar surface area (TPSA) is 84.4 Å². The Hall–Kier alpha value is -3.17. The van der Waals surface area contributed by atoms with Crippen molar-refractivity contribution in [3.05, 3.63) is 47.3 Å².